The highest BCUT2D eigenvalue weighted by Gasteiger charge is 2.21. The fraction of sp³-hybridized carbons (Fsp3) is 0.429. The number of unbranched alkanes of at least 4 members (excludes halogenated alkanes) is 1. The molecule has 0 aliphatic carbocycles. The molecule has 0 atom stereocenters. The van der Waals surface area contributed by atoms with Crippen molar-refractivity contribution in [2.24, 2.45) is 0 Å². The van der Waals surface area contributed by atoms with Crippen LogP contribution in [-0.4, -0.2) is 10.5 Å². The molecule has 1 aromatic carbocycles. The first kappa shape index (κ1) is 19.0. The molecule has 2 rings (SSSR count). The summed E-state index contributed by atoms with van der Waals surface area (Å²) in [5, 5.41) is 2.95. The van der Waals surface area contributed by atoms with Crippen LogP contribution in [0.1, 0.15) is 58.2 Å². The van der Waals surface area contributed by atoms with E-state index in [1.807, 2.05) is 45.9 Å². The van der Waals surface area contributed by atoms with E-state index in [4.69, 9.17) is 0 Å². The van der Waals surface area contributed by atoms with E-state index in [1.54, 1.807) is 6.92 Å². The average molecular weight is 340 g/mol. The Kier molecular flexibility index (Phi) is 5.83. The summed E-state index contributed by atoms with van der Waals surface area (Å²) in [6.07, 6.45) is 2.08. The first-order chi connectivity index (χ1) is 11.8. The monoisotopic (exact) mass is 340 g/mol. The Morgan fingerprint density at radius 2 is 1.64 bits per heavy atom. The minimum Gasteiger partial charge on any atom is -0.348 e. The second kappa shape index (κ2) is 7.68. The van der Waals surface area contributed by atoms with Crippen molar-refractivity contribution in [1.29, 1.82) is 0 Å². The van der Waals surface area contributed by atoms with Crippen molar-refractivity contribution in [2.75, 3.05) is 5.32 Å². The van der Waals surface area contributed by atoms with Gasteiger partial charge in [0, 0.05) is 29.2 Å². The number of aryl methyl sites for hydroxylation is 2. The number of para-hydroxylation sites is 1. The number of nitrogens with one attached hydrogen (secondary N) is 1. The molecule has 0 radical (unpaired) electrons. The Bertz CT molecular complexity index is 843. The van der Waals surface area contributed by atoms with Gasteiger partial charge in [0.05, 0.1) is 0 Å². The van der Waals surface area contributed by atoms with Crippen molar-refractivity contribution in [2.45, 2.75) is 60.9 Å². The van der Waals surface area contributed by atoms with Gasteiger partial charge in [-0.3, -0.25) is 9.59 Å². The van der Waals surface area contributed by atoms with E-state index in [-0.39, 0.29) is 16.9 Å². The van der Waals surface area contributed by atoms with E-state index in [0.717, 1.165) is 47.6 Å². The molecule has 134 valence electrons. The molecule has 0 aliphatic heterocycles. The van der Waals surface area contributed by atoms with Gasteiger partial charge in [0.15, 0.2) is 5.43 Å². The number of pyridine rings is 1. The molecule has 0 aliphatic rings. The zero-order valence-electron chi connectivity index (χ0n) is 16.1. The van der Waals surface area contributed by atoms with Gasteiger partial charge in [-0.1, -0.05) is 31.5 Å². The lowest BCUT2D eigenvalue weighted by atomic mass is 10.0. The highest BCUT2D eigenvalue weighted by molar-refractivity contribution is 6.05. The maximum Gasteiger partial charge on any atom is 0.261 e. The van der Waals surface area contributed by atoms with E-state index in [2.05, 4.69) is 16.8 Å². The minimum absolute atomic E-state index is 0.175. The standard InChI is InChI=1S/C21H28N2O2/c1-7-8-12-23-16(5)15(4)20(24)18(17(23)6)21(25)22-19-13(2)10-9-11-14(19)3/h9-11H,7-8,12H2,1-6H3,(H,22,25). The summed E-state index contributed by atoms with van der Waals surface area (Å²) in [7, 11) is 0. The third-order valence-electron chi connectivity index (χ3n) is 4.96. The smallest absolute Gasteiger partial charge is 0.261 e. The molecule has 0 unspecified atom stereocenters. The molecule has 0 saturated carbocycles. The van der Waals surface area contributed by atoms with Gasteiger partial charge in [-0.2, -0.15) is 0 Å². The first-order valence-electron chi connectivity index (χ1n) is 8.87. The van der Waals surface area contributed by atoms with Crippen LogP contribution in [0.4, 0.5) is 5.69 Å². The van der Waals surface area contributed by atoms with Crippen LogP contribution in [0, 0.1) is 34.6 Å². The van der Waals surface area contributed by atoms with E-state index < -0.39 is 0 Å². The van der Waals surface area contributed by atoms with Gasteiger partial charge in [0.1, 0.15) is 5.56 Å². The van der Waals surface area contributed by atoms with Crippen molar-refractivity contribution in [3.05, 3.63) is 62.1 Å². The molecule has 25 heavy (non-hydrogen) atoms. The summed E-state index contributed by atoms with van der Waals surface area (Å²) < 4.78 is 2.10. The molecule has 0 spiro atoms. The van der Waals surface area contributed by atoms with Gasteiger partial charge in [0.25, 0.3) is 5.91 Å². The first-order valence-corrected chi connectivity index (χ1v) is 8.87. The largest absolute Gasteiger partial charge is 0.348 e. The Morgan fingerprint density at radius 1 is 1.04 bits per heavy atom. The van der Waals surface area contributed by atoms with Gasteiger partial charge in [-0.15, -0.1) is 0 Å². The molecule has 1 amide bonds. The zero-order valence-corrected chi connectivity index (χ0v) is 16.1. The predicted molar refractivity (Wildman–Crippen MR) is 104 cm³/mol. The second-order valence-corrected chi connectivity index (χ2v) is 6.73. The van der Waals surface area contributed by atoms with Gasteiger partial charge in [-0.05, 0) is 52.2 Å². The summed E-state index contributed by atoms with van der Waals surface area (Å²) >= 11 is 0. The van der Waals surface area contributed by atoms with Crippen molar-refractivity contribution < 1.29 is 4.79 Å². The van der Waals surface area contributed by atoms with Crippen LogP contribution in [0.25, 0.3) is 0 Å². The number of hydrogen-bond acceptors (Lipinski definition) is 2. The van der Waals surface area contributed by atoms with Crippen molar-refractivity contribution in [1.82, 2.24) is 4.57 Å². The SMILES string of the molecule is CCCCn1c(C)c(C)c(=O)c(C(=O)Nc2c(C)cccc2C)c1C. The number of benzene rings is 1. The molecule has 0 fully saturated rings. The highest BCUT2D eigenvalue weighted by Crippen LogP contribution is 2.21. The number of carbonyl (C=O) groups excluding carboxylic acids is 1. The summed E-state index contributed by atoms with van der Waals surface area (Å²) in [6.45, 7) is 12.5. The number of rotatable bonds is 5. The van der Waals surface area contributed by atoms with Gasteiger partial charge < -0.3 is 9.88 Å². The lowest BCUT2D eigenvalue weighted by Gasteiger charge is -2.20. The molecule has 1 heterocycles. The van der Waals surface area contributed by atoms with Crippen LogP contribution in [0.5, 0.6) is 0 Å². The minimum atomic E-state index is -0.326. The van der Waals surface area contributed by atoms with E-state index >= 15 is 0 Å². The Morgan fingerprint density at radius 3 is 2.20 bits per heavy atom. The molecule has 1 N–H and O–H groups in total. The number of amides is 1. The third kappa shape index (κ3) is 3.68. The fourth-order valence-electron chi connectivity index (χ4n) is 3.21. The van der Waals surface area contributed by atoms with Crippen molar-refractivity contribution >= 4 is 11.6 Å². The molecular weight excluding hydrogens is 312 g/mol. The molecule has 4 nitrogen and oxygen atoms in total. The summed E-state index contributed by atoms with van der Waals surface area (Å²) in [6, 6.07) is 5.87. The molecule has 0 bridgehead atoms. The van der Waals surface area contributed by atoms with Crippen LogP contribution >= 0.6 is 0 Å². The Balaban J connectivity index is 2.53. The lowest BCUT2D eigenvalue weighted by Crippen LogP contribution is -2.29. The zero-order chi connectivity index (χ0) is 18.7. The maximum absolute atomic E-state index is 12.9. The molecular formula is C21H28N2O2. The number of anilines is 1. The normalized spacial score (nSPS) is 10.8. The van der Waals surface area contributed by atoms with Gasteiger partial charge >= 0.3 is 0 Å². The third-order valence-corrected chi connectivity index (χ3v) is 4.96. The number of hydrogen-bond donors (Lipinski definition) is 1. The van der Waals surface area contributed by atoms with Crippen LogP contribution in [0.2, 0.25) is 0 Å². The molecule has 1 aromatic heterocycles. The number of nitrogens with zero attached hydrogens (tertiary/aromatic N) is 1. The van der Waals surface area contributed by atoms with Crippen LogP contribution in [0.15, 0.2) is 23.0 Å². The van der Waals surface area contributed by atoms with Crippen LogP contribution in [0.3, 0.4) is 0 Å². The van der Waals surface area contributed by atoms with E-state index in [9.17, 15) is 9.59 Å². The lowest BCUT2D eigenvalue weighted by molar-refractivity contribution is 0.102. The fourth-order valence-corrected chi connectivity index (χ4v) is 3.21. The van der Waals surface area contributed by atoms with Crippen molar-refractivity contribution in [3.8, 4) is 0 Å². The quantitative estimate of drug-likeness (QED) is 0.874. The predicted octanol–water partition coefficient (Wildman–Crippen LogP) is 4.44. The second-order valence-electron chi connectivity index (χ2n) is 6.73. The summed E-state index contributed by atoms with van der Waals surface area (Å²) in [5.74, 6) is -0.326. The van der Waals surface area contributed by atoms with Gasteiger partial charge in [0.2, 0.25) is 0 Å². The highest BCUT2D eigenvalue weighted by atomic mass is 16.2. The summed E-state index contributed by atoms with van der Waals surface area (Å²) in [4.78, 5) is 25.7. The van der Waals surface area contributed by atoms with Crippen LogP contribution < -0.4 is 10.7 Å². The molecule has 4 heteroatoms. The van der Waals surface area contributed by atoms with Crippen molar-refractivity contribution in [3.63, 3.8) is 0 Å². The Hall–Kier alpha value is -2.36. The van der Waals surface area contributed by atoms with E-state index in [1.165, 1.54) is 0 Å². The molecule has 0 saturated heterocycles. The van der Waals surface area contributed by atoms with E-state index in [0.29, 0.717) is 5.56 Å². The molecule has 2 aromatic rings. The average Bonchev–Trinajstić information content (AvgIpc) is 2.56. The maximum atomic E-state index is 12.9. The van der Waals surface area contributed by atoms with Gasteiger partial charge in [-0.25, -0.2) is 0 Å². The number of carbonyl (C=O) groups is 1. The number of aromatic nitrogens is 1. The topological polar surface area (TPSA) is 51.1 Å². The Labute approximate surface area is 149 Å². The van der Waals surface area contributed by atoms with Crippen LogP contribution in [-0.2, 0) is 6.54 Å². The summed E-state index contributed by atoms with van der Waals surface area (Å²) in [5.41, 5.74) is 5.17.